The lowest BCUT2D eigenvalue weighted by Crippen LogP contribution is -2.34. The third-order valence-corrected chi connectivity index (χ3v) is 3.38. The molecule has 0 aliphatic carbocycles. The van der Waals surface area contributed by atoms with Crippen LogP contribution in [-0.4, -0.2) is 16.9 Å². The number of rotatable bonds is 6. The highest BCUT2D eigenvalue weighted by Crippen LogP contribution is 2.15. The van der Waals surface area contributed by atoms with Gasteiger partial charge in [-0.2, -0.15) is 0 Å². The Kier molecular flexibility index (Phi) is 4.61. The first-order chi connectivity index (χ1) is 9.24. The van der Waals surface area contributed by atoms with Crippen LogP contribution in [0, 0.1) is 0 Å². The Morgan fingerprint density at radius 1 is 1.21 bits per heavy atom. The molecule has 3 nitrogen and oxygen atoms in total. The van der Waals surface area contributed by atoms with E-state index >= 15 is 0 Å². The van der Waals surface area contributed by atoms with Gasteiger partial charge in [0.15, 0.2) is 0 Å². The summed E-state index contributed by atoms with van der Waals surface area (Å²) in [6.45, 7) is 4.30. The van der Waals surface area contributed by atoms with Gasteiger partial charge in [-0.1, -0.05) is 44.9 Å². The molecule has 2 rings (SSSR count). The molecule has 0 aliphatic heterocycles. The van der Waals surface area contributed by atoms with Crippen LogP contribution in [0.25, 0.3) is 10.9 Å². The number of carbonyl (C=O) groups is 1. The highest BCUT2D eigenvalue weighted by molar-refractivity contribution is 5.98. The van der Waals surface area contributed by atoms with E-state index in [9.17, 15) is 4.79 Å². The minimum absolute atomic E-state index is 0.00287. The normalized spacial score (nSPS) is 11.1. The number of aromatic amines is 1. The van der Waals surface area contributed by atoms with E-state index in [0.717, 1.165) is 36.6 Å². The summed E-state index contributed by atoms with van der Waals surface area (Å²) in [6.07, 6.45) is 4.27. The van der Waals surface area contributed by atoms with Crippen LogP contribution in [0.5, 0.6) is 0 Å². The number of H-pyrrole nitrogens is 1. The Morgan fingerprint density at radius 3 is 2.53 bits per heavy atom. The van der Waals surface area contributed by atoms with Crippen molar-refractivity contribution in [3.63, 3.8) is 0 Å². The van der Waals surface area contributed by atoms with Crippen LogP contribution in [-0.2, 0) is 0 Å². The lowest BCUT2D eigenvalue weighted by Gasteiger charge is -2.16. The van der Waals surface area contributed by atoms with Crippen LogP contribution in [0.15, 0.2) is 30.3 Å². The molecular formula is C16H22N2O. The molecule has 0 saturated heterocycles. The van der Waals surface area contributed by atoms with Crippen molar-refractivity contribution in [1.29, 1.82) is 0 Å². The Bertz CT molecular complexity index is 505. The van der Waals surface area contributed by atoms with Crippen molar-refractivity contribution in [3.05, 3.63) is 36.0 Å². The molecule has 0 atom stereocenters. The van der Waals surface area contributed by atoms with Gasteiger partial charge in [0.1, 0.15) is 5.69 Å². The average Bonchev–Trinajstić information content (AvgIpc) is 2.83. The third-order valence-electron chi connectivity index (χ3n) is 3.38. The summed E-state index contributed by atoms with van der Waals surface area (Å²) in [7, 11) is 0. The van der Waals surface area contributed by atoms with Gasteiger partial charge in [0.25, 0.3) is 5.91 Å². The molecule has 1 aromatic heterocycles. The van der Waals surface area contributed by atoms with Crippen LogP contribution in [0.3, 0.4) is 0 Å². The van der Waals surface area contributed by atoms with Crippen LogP contribution in [0.2, 0.25) is 0 Å². The molecule has 1 amide bonds. The number of hydrogen-bond donors (Lipinski definition) is 2. The highest BCUT2D eigenvalue weighted by atomic mass is 16.1. The quantitative estimate of drug-likeness (QED) is 0.811. The summed E-state index contributed by atoms with van der Waals surface area (Å²) >= 11 is 0. The van der Waals surface area contributed by atoms with Crippen LogP contribution in [0.1, 0.15) is 50.0 Å². The fourth-order valence-corrected chi connectivity index (χ4v) is 2.44. The minimum atomic E-state index is 0.00287. The zero-order valence-electron chi connectivity index (χ0n) is 11.7. The van der Waals surface area contributed by atoms with Gasteiger partial charge in [-0.25, -0.2) is 0 Å². The molecule has 0 radical (unpaired) electrons. The second-order valence-corrected chi connectivity index (χ2v) is 5.02. The fourth-order valence-electron chi connectivity index (χ4n) is 2.44. The highest BCUT2D eigenvalue weighted by Gasteiger charge is 2.14. The molecule has 3 heteroatoms. The van der Waals surface area contributed by atoms with Gasteiger partial charge >= 0.3 is 0 Å². The number of fused-ring (bicyclic) bond motifs is 1. The first-order valence-corrected chi connectivity index (χ1v) is 7.13. The maximum Gasteiger partial charge on any atom is 0.267 e. The Morgan fingerprint density at radius 2 is 1.89 bits per heavy atom. The molecule has 0 unspecified atom stereocenters. The topological polar surface area (TPSA) is 44.9 Å². The zero-order valence-corrected chi connectivity index (χ0v) is 11.7. The molecule has 1 aromatic carbocycles. The van der Waals surface area contributed by atoms with Crippen molar-refractivity contribution >= 4 is 16.8 Å². The average molecular weight is 258 g/mol. The molecule has 0 bridgehead atoms. The maximum absolute atomic E-state index is 12.2. The molecule has 0 saturated carbocycles. The van der Waals surface area contributed by atoms with Crippen molar-refractivity contribution in [1.82, 2.24) is 10.3 Å². The fraction of sp³-hybridized carbons (Fsp3) is 0.438. The molecule has 0 aliphatic rings. The van der Waals surface area contributed by atoms with Crippen molar-refractivity contribution < 1.29 is 4.79 Å². The zero-order chi connectivity index (χ0) is 13.7. The number of carbonyl (C=O) groups excluding carboxylic acids is 1. The van der Waals surface area contributed by atoms with Crippen molar-refractivity contribution in [2.24, 2.45) is 0 Å². The van der Waals surface area contributed by atoms with Crippen LogP contribution in [0.4, 0.5) is 0 Å². The van der Waals surface area contributed by atoms with Gasteiger partial charge < -0.3 is 10.3 Å². The van der Waals surface area contributed by atoms with Crippen molar-refractivity contribution in [2.45, 2.75) is 45.6 Å². The minimum Gasteiger partial charge on any atom is -0.351 e. The molecule has 19 heavy (non-hydrogen) atoms. The molecule has 2 aromatic rings. The third kappa shape index (κ3) is 3.37. The van der Waals surface area contributed by atoms with E-state index in [1.165, 1.54) is 0 Å². The number of benzene rings is 1. The Labute approximate surface area is 114 Å². The maximum atomic E-state index is 12.2. The van der Waals surface area contributed by atoms with Crippen molar-refractivity contribution in [3.8, 4) is 0 Å². The number of amides is 1. The van der Waals surface area contributed by atoms with Gasteiger partial charge in [-0.15, -0.1) is 0 Å². The summed E-state index contributed by atoms with van der Waals surface area (Å²) < 4.78 is 0. The second-order valence-electron chi connectivity index (χ2n) is 5.02. The molecule has 2 N–H and O–H groups in total. The van der Waals surface area contributed by atoms with E-state index in [0.29, 0.717) is 5.69 Å². The summed E-state index contributed by atoms with van der Waals surface area (Å²) in [5.41, 5.74) is 1.66. The molecule has 1 heterocycles. The second kappa shape index (κ2) is 6.41. The Balaban J connectivity index is 2.09. The van der Waals surface area contributed by atoms with Gasteiger partial charge in [0, 0.05) is 16.9 Å². The number of hydrogen-bond acceptors (Lipinski definition) is 1. The standard InChI is InChI=1S/C16H22N2O/c1-3-7-13(8-4-2)17-16(19)15-11-12-9-5-6-10-14(12)18-15/h5-6,9-11,13,18H,3-4,7-8H2,1-2H3,(H,17,19). The number of para-hydroxylation sites is 1. The first kappa shape index (κ1) is 13.7. The predicted molar refractivity (Wildman–Crippen MR) is 79.4 cm³/mol. The van der Waals surface area contributed by atoms with E-state index < -0.39 is 0 Å². The summed E-state index contributed by atoms with van der Waals surface area (Å²) in [6, 6.07) is 10.2. The van der Waals surface area contributed by atoms with E-state index in [4.69, 9.17) is 0 Å². The smallest absolute Gasteiger partial charge is 0.267 e. The van der Waals surface area contributed by atoms with Crippen LogP contribution < -0.4 is 5.32 Å². The van der Waals surface area contributed by atoms with Gasteiger partial charge in [-0.3, -0.25) is 4.79 Å². The van der Waals surface area contributed by atoms with E-state index in [1.54, 1.807) is 0 Å². The lowest BCUT2D eigenvalue weighted by molar-refractivity contribution is 0.0928. The van der Waals surface area contributed by atoms with Gasteiger partial charge in [0.2, 0.25) is 0 Å². The van der Waals surface area contributed by atoms with Gasteiger partial charge in [-0.05, 0) is 25.0 Å². The lowest BCUT2D eigenvalue weighted by atomic mass is 10.1. The SMILES string of the molecule is CCCC(CCC)NC(=O)c1cc2ccccc2[nH]1. The molecule has 0 spiro atoms. The van der Waals surface area contributed by atoms with Crippen LogP contribution >= 0.6 is 0 Å². The first-order valence-electron chi connectivity index (χ1n) is 7.13. The summed E-state index contributed by atoms with van der Waals surface area (Å²) in [4.78, 5) is 15.4. The van der Waals surface area contributed by atoms with E-state index in [1.807, 2.05) is 30.3 Å². The molecular weight excluding hydrogens is 236 g/mol. The summed E-state index contributed by atoms with van der Waals surface area (Å²) in [5.74, 6) is 0.00287. The van der Waals surface area contributed by atoms with E-state index in [-0.39, 0.29) is 11.9 Å². The number of aromatic nitrogens is 1. The Hall–Kier alpha value is -1.77. The monoisotopic (exact) mass is 258 g/mol. The summed E-state index contributed by atoms with van der Waals surface area (Å²) in [5, 5.41) is 4.20. The number of nitrogens with one attached hydrogen (secondary N) is 2. The van der Waals surface area contributed by atoms with Crippen molar-refractivity contribution in [2.75, 3.05) is 0 Å². The van der Waals surface area contributed by atoms with E-state index in [2.05, 4.69) is 24.1 Å². The molecule has 0 fully saturated rings. The molecule has 102 valence electrons. The predicted octanol–water partition coefficient (Wildman–Crippen LogP) is 3.87. The van der Waals surface area contributed by atoms with Gasteiger partial charge in [0.05, 0.1) is 0 Å². The largest absolute Gasteiger partial charge is 0.351 e.